The van der Waals surface area contributed by atoms with E-state index >= 15 is 0 Å². The van der Waals surface area contributed by atoms with Crippen LogP contribution in [0, 0.1) is 23.7 Å². The molecule has 0 unspecified atom stereocenters. The van der Waals surface area contributed by atoms with Crippen molar-refractivity contribution in [2.45, 2.75) is 7.43 Å². The van der Waals surface area contributed by atoms with Gasteiger partial charge in [0.1, 0.15) is 13.2 Å². The van der Waals surface area contributed by atoms with Crippen LogP contribution >= 0.6 is 0 Å². The monoisotopic (exact) mass is 154 g/mol. The molecule has 0 aromatic rings. The Kier molecular flexibility index (Phi) is 13.6. The molecule has 0 bridgehead atoms. The van der Waals surface area contributed by atoms with Gasteiger partial charge in [-0.3, -0.25) is 0 Å². The molecule has 0 saturated carbocycles. The fourth-order valence-electron chi connectivity index (χ4n) is 0.305. The molecule has 0 aromatic carbocycles. The highest BCUT2D eigenvalue weighted by Crippen LogP contribution is 1.62. The summed E-state index contributed by atoms with van der Waals surface area (Å²) >= 11 is 0. The standard InChI is InChI=1S/C8H10O2.CH4/c1-9-7-5-3-4-6-8-10-2;/h7-8H2,1-2H3;1H4. The van der Waals surface area contributed by atoms with Crippen molar-refractivity contribution in [2.75, 3.05) is 27.4 Å². The Balaban J connectivity index is 0. The van der Waals surface area contributed by atoms with Crippen molar-refractivity contribution < 1.29 is 9.47 Å². The zero-order valence-corrected chi connectivity index (χ0v) is 6.23. The SMILES string of the molecule is C.COCC#CC#CCOC. The van der Waals surface area contributed by atoms with Gasteiger partial charge in [0.25, 0.3) is 0 Å². The number of hydrogen-bond acceptors (Lipinski definition) is 2. The smallest absolute Gasteiger partial charge is 0.108 e. The van der Waals surface area contributed by atoms with Crippen LogP contribution in [0.3, 0.4) is 0 Å². The Bertz CT molecular complexity index is 153. The molecule has 0 radical (unpaired) electrons. The van der Waals surface area contributed by atoms with E-state index in [0.717, 1.165) is 0 Å². The molecule has 0 aliphatic rings. The lowest BCUT2D eigenvalue weighted by atomic mass is 10.5. The summed E-state index contributed by atoms with van der Waals surface area (Å²) in [7, 11) is 3.19. The average Bonchev–Trinajstić information content (AvgIpc) is 1.97. The van der Waals surface area contributed by atoms with Gasteiger partial charge in [-0.15, -0.1) is 0 Å². The van der Waals surface area contributed by atoms with Gasteiger partial charge in [-0.25, -0.2) is 0 Å². The predicted octanol–water partition coefficient (Wildman–Crippen LogP) is 0.922. The lowest BCUT2D eigenvalue weighted by molar-refractivity contribution is 0.239. The van der Waals surface area contributed by atoms with Crippen molar-refractivity contribution in [3.05, 3.63) is 0 Å². The van der Waals surface area contributed by atoms with Crippen LogP contribution in [0.2, 0.25) is 0 Å². The first-order valence-electron chi connectivity index (χ1n) is 2.85. The summed E-state index contributed by atoms with van der Waals surface area (Å²) in [6, 6.07) is 0. The van der Waals surface area contributed by atoms with Gasteiger partial charge in [-0.1, -0.05) is 19.3 Å². The number of hydrogen-bond donors (Lipinski definition) is 0. The van der Waals surface area contributed by atoms with Crippen LogP contribution in [0.25, 0.3) is 0 Å². The Morgan fingerprint density at radius 1 is 0.909 bits per heavy atom. The fraction of sp³-hybridized carbons (Fsp3) is 0.556. The Morgan fingerprint density at radius 3 is 1.55 bits per heavy atom. The van der Waals surface area contributed by atoms with Crippen molar-refractivity contribution in [1.29, 1.82) is 0 Å². The van der Waals surface area contributed by atoms with Crippen molar-refractivity contribution in [1.82, 2.24) is 0 Å². The predicted molar refractivity (Wildman–Crippen MR) is 46.0 cm³/mol. The Labute approximate surface area is 68.9 Å². The highest BCUT2D eigenvalue weighted by molar-refractivity contribution is 5.25. The second kappa shape index (κ2) is 11.8. The van der Waals surface area contributed by atoms with Gasteiger partial charge >= 0.3 is 0 Å². The maximum Gasteiger partial charge on any atom is 0.108 e. The molecule has 2 nitrogen and oxygen atoms in total. The molecule has 62 valence electrons. The number of methoxy groups -OCH3 is 2. The highest BCUT2D eigenvalue weighted by Gasteiger charge is 1.66. The summed E-state index contributed by atoms with van der Waals surface area (Å²) in [5.74, 6) is 10.6. The third-order valence-electron chi connectivity index (χ3n) is 0.672. The second-order valence-electron chi connectivity index (χ2n) is 1.47. The molecule has 0 N–H and O–H groups in total. The van der Waals surface area contributed by atoms with Crippen molar-refractivity contribution in [2.24, 2.45) is 0 Å². The van der Waals surface area contributed by atoms with Crippen LogP contribution in [0.4, 0.5) is 0 Å². The molecule has 0 atom stereocenters. The summed E-state index contributed by atoms with van der Waals surface area (Å²) in [6.07, 6.45) is 0. The van der Waals surface area contributed by atoms with Crippen molar-refractivity contribution >= 4 is 0 Å². The zero-order chi connectivity index (χ0) is 7.66. The maximum absolute atomic E-state index is 4.68. The quantitative estimate of drug-likeness (QED) is 0.551. The largest absolute Gasteiger partial charge is 0.372 e. The molecule has 0 saturated heterocycles. The van der Waals surface area contributed by atoms with E-state index in [1.54, 1.807) is 14.2 Å². The average molecular weight is 154 g/mol. The van der Waals surface area contributed by atoms with E-state index < -0.39 is 0 Å². The molecule has 0 rings (SSSR count). The van der Waals surface area contributed by atoms with Gasteiger partial charge in [-0.2, -0.15) is 0 Å². The second-order valence-corrected chi connectivity index (χ2v) is 1.47. The molecule has 2 heteroatoms. The van der Waals surface area contributed by atoms with E-state index in [1.807, 2.05) is 0 Å². The molecular weight excluding hydrogens is 140 g/mol. The maximum atomic E-state index is 4.68. The van der Waals surface area contributed by atoms with Crippen LogP contribution in [-0.2, 0) is 9.47 Å². The minimum atomic E-state index is 0. The molecule has 0 spiro atoms. The number of ether oxygens (including phenoxy) is 2. The minimum Gasteiger partial charge on any atom is -0.372 e. The van der Waals surface area contributed by atoms with E-state index in [4.69, 9.17) is 0 Å². The summed E-state index contributed by atoms with van der Waals surface area (Å²) in [4.78, 5) is 0. The molecule has 0 amide bonds. The van der Waals surface area contributed by atoms with Crippen LogP contribution in [0.15, 0.2) is 0 Å². The van der Waals surface area contributed by atoms with Crippen LogP contribution in [0.1, 0.15) is 7.43 Å². The molecule has 0 aliphatic heterocycles. The molecule has 0 aromatic heterocycles. The summed E-state index contributed by atoms with van der Waals surface area (Å²) < 4.78 is 9.35. The molecule has 0 heterocycles. The molecule has 0 fully saturated rings. The van der Waals surface area contributed by atoms with E-state index in [9.17, 15) is 0 Å². The lowest BCUT2D eigenvalue weighted by Gasteiger charge is -1.79. The van der Waals surface area contributed by atoms with Crippen LogP contribution in [0.5, 0.6) is 0 Å². The Hall–Kier alpha value is -0.960. The van der Waals surface area contributed by atoms with E-state index in [-0.39, 0.29) is 7.43 Å². The van der Waals surface area contributed by atoms with Gasteiger partial charge in [0.05, 0.1) is 0 Å². The summed E-state index contributed by atoms with van der Waals surface area (Å²) in [5.41, 5.74) is 0. The summed E-state index contributed by atoms with van der Waals surface area (Å²) in [6.45, 7) is 0.864. The third-order valence-corrected chi connectivity index (χ3v) is 0.672. The highest BCUT2D eigenvalue weighted by atomic mass is 16.5. The number of rotatable bonds is 2. The molecule has 0 aliphatic carbocycles. The van der Waals surface area contributed by atoms with Gasteiger partial charge in [0.2, 0.25) is 0 Å². The summed E-state index contributed by atoms with van der Waals surface area (Å²) in [5, 5.41) is 0. The van der Waals surface area contributed by atoms with Gasteiger partial charge < -0.3 is 9.47 Å². The lowest BCUT2D eigenvalue weighted by Crippen LogP contribution is -1.81. The normalized spacial score (nSPS) is 6.36. The van der Waals surface area contributed by atoms with Gasteiger partial charge in [0.15, 0.2) is 0 Å². The van der Waals surface area contributed by atoms with Gasteiger partial charge in [0, 0.05) is 14.2 Å². The van der Waals surface area contributed by atoms with E-state index in [2.05, 4.69) is 33.2 Å². The topological polar surface area (TPSA) is 18.5 Å². The Morgan fingerprint density at radius 2 is 1.27 bits per heavy atom. The zero-order valence-electron chi connectivity index (χ0n) is 6.23. The first-order valence-corrected chi connectivity index (χ1v) is 2.85. The van der Waals surface area contributed by atoms with Crippen molar-refractivity contribution in [3.63, 3.8) is 0 Å². The first kappa shape index (κ1) is 12.7. The molecule has 11 heavy (non-hydrogen) atoms. The fourth-order valence-corrected chi connectivity index (χ4v) is 0.305. The van der Waals surface area contributed by atoms with Crippen molar-refractivity contribution in [3.8, 4) is 23.7 Å². The van der Waals surface area contributed by atoms with Crippen LogP contribution in [-0.4, -0.2) is 27.4 Å². The molecular formula is C9H14O2. The van der Waals surface area contributed by atoms with Crippen LogP contribution < -0.4 is 0 Å². The van der Waals surface area contributed by atoms with Gasteiger partial charge in [-0.05, 0) is 11.8 Å². The van der Waals surface area contributed by atoms with E-state index in [0.29, 0.717) is 13.2 Å². The van der Waals surface area contributed by atoms with E-state index in [1.165, 1.54) is 0 Å². The third kappa shape index (κ3) is 12.3. The first-order chi connectivity index (χ1) is 4.91. The minimum absolute atomic E-state index is 0.